The maximum atomic E-state index is 5.75. The summed E-state index contributed by atoms with van der Waals surface area (Å²) in [6, 6.07) is 0. The lowest BCUT2D eigenvalue weighted by Gasteiger charge is -2.31. The standard InChI is InChI=1S/C18H36N4O/c1-4-19-18(21(3)11-12-23-15-16-8-9-16)20-13-17-7-6-10-22(5-2)14-17/h16-17H,4-15H2,1-3H3,(H,19,20). The molecule has 2 rings (SSSR count). The Kier molecular flexibility index (Phi) is 8.17. The van der Waals surface area contributed by atoms with Crippen LogP contribution in [0, 0.1) is 11.8 Å². The van der Waals surface area contributed by atoms with Gasteiger partial charge in [-0.25, -0.2) is 0 Å². The molecule has 1 saturated heterocycles. The molecule has 0 bridgehead atoms. The molecule has 0 amide bonds. The number of hydrogen-bond acceptors (Lipinski definition) is 3. The van der Waals surface area contributed by atoms with Gasteiger partial charge in [-0.15, -0.1) is 0 Å². The van der Waals surface area contributed by atoms with Gasteiger partial charge in [-0.1, -0.05) is 6.92 Å². The van der Waals surface area contributed by atoms with Crippen LogP contribution < -0.4 is 5.32 Å². The molecule has 0 aromatic rings. The molecule has 5 heteroatoms. The van der Waals surface area contributed by atoms with Gasteiger partial charge in [-0.2, -0.15) is 0 Å². The first-order valence-electron chi connectivity index (χ1n) is 9.52. The number of aliphatic imine (C=N–C) groups is 1. The van der Waals surface area contributed by atoms with Crippen molar-refractivity contribution in [2.75, 3.05) is 59.5 Å². The molecule has 0 aromatic heterocycles. The summed E-state index contributed by atoms with van der Waals surface area (Å²) >= 11 is 0. The summed E-state index contributed by atoms with van der Waals surface area (Å²) < 4.78 is 5.75. The molecule has 0 spiro atoms. The lowest BCUT2D eigenvalue weighted by atomic mass is 9.98. The van der Waals surface area contributed by atoms with Crippen molar-refractivity contribution in [3.05, 3.63) is 0 Å². The number of likely N-dealkylation sites (tertiary alicyclic amines) is 1. The molecular weight excluding hydrogens is 288 g/mol. The zero-order valence-electron chi connectivity index (χ0n) is 15.4. The monoisotopic (exact) mass is 324 g/mol. The van der Waals surface area contributed by atoms with Crippen molar-refractivity contribution in [2.45, 2.75) is 39.5 Å². The Balaban J connectivity index is 1.73. The summed E-state index contributed by atoms with van der Waals surface area (Å²) in [5.74, 6) is 2.57. The van der Waals surface area contributed by atoms with Crippen LogP contribution >= 0.6 is 0 Å². The van der Waals surface area contributed by atoms with Gasteiger partial charge < -0.3 is 19.9 Å². The summed E-state index contributed by atoms with van der Waals surface area (Å²) in [5.41, 5.74) is 0. The fourth-order valence-electron chi connectivity index (χ4n) is 3.11. The highest BCUT2D eigenvalue weighted by Gasteiger charge is 2.21. The molecule has 1 unspecified atom stereocenters. The first kappa shape index (κ1) is 18.5. The molecule has 2 fully saturated rings. The average molecular weight is 325 g/mol. The third-order valence-electron chi connectivity index (χ3n) is 4.87. The van der Waals surface area contributed by atoms with Crippen molar-refractivity contribution >= 4 is 5.96 Å². The molecule has 134 valence electrons. The van der Waals surface area contributed by atoms with E-state index in [1.807, 2.05) is 0 Å². The average Bonchev–Trinajstić information content (AvgIpc) is 3.39. The molecule has 1 saturated carbocycles. The maximum absolute atomic E-state index is 5.75. The van der Waals surface area contributed by atoms with E-state index in [2.05, 4.69) is 36.0 Å². The van der Waals surface area contributed by atoms with Crippen LogP contribution in [0.5, 0.6) is 0 Å². The van der Waals surface area contributed by atoms with Crippen LogP contribution in [0.2, 0.25) is 0 Å². The van der Waals surface area contributed by atoms with Crippen molar-refractivity contribution in [1.82, 2.24) is 15.1 Å². The number of piperidine rings is 1. The van der Waals surface area contributed by atoms with E-state index >= 15 is 0 Å². The lowest BCUT2D eigenvalue weighted by molar-refractivity contribution is 0.115. The van der Waals surface area contributed by atoms with E-state index in [4.69, 9.17) is 9.73 Å². The van der Waals surface area contributed by atoms with Gasteiger partial charge in [-0.3, -0.25) is 4.99 Å². The Morgan fingerprint density at radius 2 is 2.09 bits per heavy atom. The zero-order chi connectivity index (χ0) is 16.5. The van der Waals surface area contributed by atoms with Gasteiger partial charge in [0.1, 0.15) is 0 Å². The number of hydrogen-bond donors (Lipinski definition) is 1. The number of ether oxygens (including phenoxy) is 1. The number of likely N-dealkylation sites (N-methyl/N-ethyl adjacent to an activating group) is 1. The predicted octanol–water partition coefficient (Wildman–Crippen LogP) is 2.04. The molecule has 1 N–H and O–H groups in total. The van der Waals surface area contributed by atoms with Crippen LogP contribution in [0.25, 0.3) is 0 Å². The second-order valence-electron chi connectivity index (χ2n) is 7.04. The van der Waals surface area contributed by atoms with Crippen molar-refractivity contribution in [3.63, 3.8) is 0 Å². The minimum atomic E-state index is 0.705. The Labute approximate surface area is 142 Å². The highest BCUT2D eigenvalue weighted by molar-refractivity contribution is 5.79. The third kappa shape index (κ3) is 7.08. The van der Waals surface area contributed by atoms with Gasteiger partial charge in [0.05, 0.1) is 6.61 Å². The highest BCUT2D eigenvalue weighted by atomic mass is 16.5. The highest BCUT2D eigenvalue weighted by Crippen LogP contribution is 2.28. The van der Waals surface area contributed by atoms with E-state index < -0.39 is 0 Å². The topological polar surface area (TPSA) is 40.1 Å². The fraction of sp³-hybridized carbons (Fsp3) is 0.944. The molecule has 5 nitrogen and oxygen atoms in total. The first-order valence-corrected chi connectivity index (χ1v) is 9.52. The SMILES string of the molecule is CCNC(=NCC1CCCN(CC)C1)N(C)CCOCC1CC1. The molecule has 1 atom stereocenters. The summed E-state index contributed by atoms with van der Waals surface area (Å²) in [6.07, 6.45) is 5.34. The number of rotatable bonds is 9. The Morgan fingerprint density at radius 1 is 1.26 bits per heavy atom. The Morgan fingerprint density at radius 3 is 2.78 bits per heavy atom. The fourth-order valence-corrected chi connectivity index (χ4v) is 3.11. The van der Waals surface area contributed by atoms with Gasteiger partial charge in [-0.05, 0) is 57.5 Å². The van der Waals surface area contributed by atoms with E-state index in [0.717, 1.165) is 44.7 Å². The maximum Gasteiger partial charge on any atom is 0.193 e. The van der Waals surface area contributed by atoms with Gasteiger partial charge in [0.25, 0.3) is 0 Å². The van der Waals surface area contributed by atoms with Crippen LogP contribution in [-0.2, 0) is 4.74 Å². The molecule has 2 aliphatic rings. The molecule has 1 aliphatic heterocycles. The van der Waals surface area contributed by atoms with Gasteiger partial charge in [0.2, 0.25) is 0 Å². The van der Waals surface area contributed by atoms with E-state index in [9.17, 15) is 0 Å². The normalized spacial score (nSPS) is 23.1. The number of nitrogens with one attached hydrogen (secondary N) is 1. The second kappa shape index (κ2) is 10.1. The largest absolute Gasteiger partial charge is 0.379 e. The number of guanidine groups is 1. The minimum Gasteiger partial charge on any atom is -0.379 e. The summed E-state index contributed by atoms with van der Waals surface area (Å²) in [7, 11) is 2.11. The molecule has 0 radical (unpaired) electrons. The zero-order valence-corrected chi connectivity index (χ0v) is 15.4. The molecule has 1 heterocycles. The van der Waals surface area contributed by atoms with Crippen LogP contribution in [0.4, 0.5) is 0 Å². The van der Waals surface area contributed by atoms with Crippen LogP contribution in [-0.4, -0.2) is 75.3 Å². The summed E-state index contributed by atoms with van der Waals surface area (Å²) in [4.78, 5) is 9.63. The molecule has 0 aromatic carbocycles. The van der Waals surface area contributed by atoms with Crippen molar-refractivity contribution in [2.24, 2.45) is 16.8 Å². The summed E-state index contributed by atoms with van der Waals surface area (Å²) in [5, 5.41) is 3.42. The number of nitrogens with zero attached hydrogens (tertiary/aromatic N) is 3. The smallest absolute Gasteiger partial charge is 0.193 e. The molecule has 1 aliphatic carbocycles. The van der Waals surface area contributed by atoms with Gasteiger partial charge in [0.15, 0.2) is 5.96 Å². The van der Waals surface area contributed by atoms with E-state index in [1.165, 1.54) is 45.3 Å². The van der Waals surface area contributed by atoms with Crippen molar-refractivity contribution < 1.29 is 4.74 Å². The van der Waals surface area contributed by atoms with Crippen molar-refractivity contribution in [1.29, 1.82) is 0 Å². The van der Waals surface area contributed by atoms with Crippen LogP contribution in [0.3, 0.4) is 0 Å². The second-order valence-corrected chi connectivity index (χ2v) is 7.04. The predicted molar refractivity (Wildman–Crippen MR) is 97.0 cm³/mol. The van der Waals surface area contributed by atoms with Gasteiger partial charge in [0, 0.05) is 39.8 Å². The van der Waals surface area contributed by atoms with Crippen LogP contribution in [0.15, 0.2) is 4.99 Å². The molecule has 23 heavy (non-hydrogen) atoms. The quantitative estimate of drug-likeness (QED) is 0.400. The Bertz CT molecular complexity index is 357. The Hall–Kier alpha value is -0.810. The van der Waals surface area contributed by atoms with E-state index in [1.54, 1.807) is 0 Å². The first-order chi connectivity index (χ1) is 11.2. The van der Waals surface area contributed by atoms with Crippen LogP contribution in [0.1, 0.15) is 39.5 Å². The van der Waals surface area contributed by atoms with Crippen molar-refractivity contribution in [3.8, 4) is 0 Å². The van der Waals surface area contributed by atoms with E-state index in [-0.39, 0.29) is 0 Å². The minimum absolute atomic E-state index is 0.705. The van der Waals surface area contributed by atoms with E-state index in [0.29, 0.717) is 5.92 Å². The molecular formula is C18H36N4O. The third-order valence-corrected chi connectivity index (χ3v) is 4.87. The lowest BCUT2D eigenvalue weighted by Crippen LogP contribution is -2.41. The van der Waals surface area contributed by atoms with Gasteiger partial charge >= 0.3 is 0 Å². The summed E-state index contributed by atoms with van der Waals surface area (Å²) in [6.45, 7) is 12.5.